The molecule has 80 heavy (non-hydrogen) atoms. The molecule has 2 aromatic carbocycles. The summed E-state index contributed by atoms with van der Waals surface area (Å²) in [6, 6.07) is 13.5. The van der Waals surface area contributed by atoms with Gasteiger partial charge in [0.05, 0.1) is 40.4 Å². The lowest BCUT2D eigenvalue weighted by atomic mass is 9.67. The maximum absolute atomic E-state index is 15.3. The van der Waals surface area contributed by atoms with E-state index in [2.05, 4.69) is 39.0 Å². The molecule has 15 nitrogen and oxygen atoms in total. The van der Waals surface area contributed by atoms with E-state index in [1.54, 1.807) is 31.3 Å². The molecule has 4 fully saturated rings. The van der Waals surface area contributed by atoms with Gasteiger partial charge in [-0.05, 0) is 130 Å². The smallest absolute Gasteiger partial charge is 0.315 e. The molecule has 0 radical (unpaired) electrons. The fourth-order valence-corrected chi connectivity index (χ4v) is 13.9. The number of aryl methyl sites for hydroxylation is 1. The minimum absolute atomic E-state index is 0.0255. The minimum atomic E-state index is -2.88. The molecule has 6 heterocycles. The molecular weight excluding hydrogens is 1060 g/mol. The molecule has 4 amide bonds. The molecule has 6 atom stereocenters. The van der Waals surface area contributed by atoms with Gasteiger partial charge in [-0.15, -0.1) is 0 Å². The molecule has 6 aliphatic rings. The van der Waals surface area contributed by atoms with Crippen molar-refractivity contribution >= 4 is 74.9 Å². The number of aromatic nitrogens is 2. The summed E-state index contributed by atoms with van der Waals surface area (Å²) >= 11 is 12.0. The van der Waals surface area contributed by atoms with E-state index in [-0.39, 0.29) is 65.8 Å². The standard InChI is InChI=1S/C61H72F2N8O7S2/c1-8-70-45-19-18-37-32-43(45)47-48(52(77-7)49-41(51(47)70)16-11-23-64-49)60(2,3)34-78-59(76)42-17-12-26-71(66-56(42)80)58(75)44(30-35-28-39(37)31-40(29-35)53(62)63)55(79)65-54(73)50(36-14-9-10-15-36)67(6)57(74)38-21-27-68(33-38)46(72)20-22-61(4,5)69-24-13-25-69/h11,16,18-19,23,28-29,31-32,36,38,42,44,48,50,52-53H,8-10,12-15,17,21,24-27,30,33-34H2,1-7H3,(H,66,80)(H,65,73,79)/t38-,42+,44+,48?,50-,52-/m0/s1. The molecule has 1 saturated carbocycles. The van der Waals surface area contributed by atoms with Crippen molar-refractivity contribution in [2.45, 2.75) is 129 Å². The number of fused-ring (bicyclic) bond motifs is 9. The minimum Gasteiger partial charge on any atom is -0.465 e. The number of esters is 1. The second-order valence-corrected chi connectivity index (χ2v) is 24.6. The van der Waals surface area contributed by atoms with E-state index in [4.69, 9.17) is 38.9 Å². The number of cyclic esters (lactones) is 1. The van der Waals surface area contributed by atoms with Gasteiger partial charge >= 0.3 is 5.97 Å². The summed E-state index contributed by atoms with van der Waals surface area (Å²) < 4.78 is 45.4. The van der Waals surface area contributed by atoms with Crippen molar-refractivity contribution in [3.8, 4) is 34.2 Å². The highest BCUT2D eigenvalue weighted by atomic mass is 32.1. The predicted octanol–water partition coefficient (Wildman–Crippen LogP) is 8.72. The first kappa shape index (κ1) is 57.1. The van der Waals surface area contributed by atoms with Crippen molar-refractivity contribution in [2.24, 2.45) is 29.1 Å². The van der Waals surface area contributed by atoms with Crippen LogP contribution in [0.15, 0.2) is 54.7 Å². The summed E-state index contributed by atoms with van der Waals surface area (Å²) in [5.41, 5.74) is 7.51. The number of thiocarbonyl (C=S) groups is 2. The third-order valence-corrected chi connectivity index (χ3v) is 18.6. The summed E-state index contributed by atoms with van der Waals surface area (Å²) in [6.45, 7) is 13.2. The van der Waals surface area contributed by atoms with Gasteiger partial charge in [0.2, 0.25) is 11.8 Å². The molecule has 2 N–H and O–H groups in total. The Balaban J connectivity index is 1.01. The second kappa shape index (κ2) is 23.0. The molecule has 10 rings (SSSR count). The largest absolute Gasteiger partial charge is 0.465 e. The zero-order chi connectivity index (χ0) is 56.9. The number of nitrogens with one attached hydrogen (secondary N) is 2. The number of carbonyl (C=O) groups is 5. The highest BCUT2D eigenvalue weighted by molar-refractivity contribution is 7.80. The molecule has 0 spiro atoms. The molecule has 424 valence electrons. The van der Waals surface area contributed by atoms with E-state index >= 15 is 13.6 Å². The van der Waals surface area contributed by atoms with Gasteiger partial charge in [0.1, 0.15) is 23.1 Å². The van der Waals surface area contributed by atoms with E-state index in [1.165, 1.54) is 22.0 Å². The van der Waals surface area contributed by atoms with Crippen LogP contribution in [0.25, 0.3) is 33.3 Å². The number of methoxy groups -OCH3 is 1. The fourth-order valence-electron chi connectivity index (χ4n) is 13.3. The van der Waals surface area contributed by atoms with E-state index in [9.17, 15) is 19.2 Å². The Labute approximate surface area is 477 Å². The molecule has 19 heteroatoms. The number of nitrogens with zero attached hydrogens (tertiary/aromatic N) is 6. The molecule has 1 unspecified atom stereocenters. The van der Waals surface area contributed by atoms with Crippen LogP contribution in [0.4, 0.5) is 8.78 Å². The van der Waals surface area contributed by atoms with Gasteiger partial charge in [0, 0.05) is 93.0 Å². The van der Waals surface area contributed by atoms with E-state index in [0.717, 1.165) is 65.8 Å². The van der Waals surface area contributed by atoms with Gasteiger partial charge in [-0.3, -0.25) is 44.3 Å². The van der Waals surface area contributed by atoms with Crippen molar-refractivity contribution < 1.29 is 42.2 Å². The zero-order valence-electron chi connectivity index (χ0n) is 46.7. The van der Waals surface area contributed by atoms with Crippen LogP contribution in [0.2, 0.25) is 0 Å². The summed E-state index contributed by atoms with van der Waals surface area (Å²) in [6.07, 6.45) is 3.27. The summed E-state index contributed by atoms with van der Waals surface area (Å²) in [5, 5.41) is 5.08. The van der Waals surface area contributed by atoms with Crippen molar-refractivity contribution in [1.29, 1.82) is 0 Å². The maximum Gasteiger partial charge on any atom is 0.315 e. The predicted molar refractivity (Wildman–Crippen MR) is 308 cm³/mol. The first-order valence-corrected chi connectivity index (χ1v) is 29.1. The summed E-state index contributed by atoms with van der Waals surface area (Å²) in [5.74, 6) is 0.196. The number of pyridine rings is 1. The molecule has 3 saturated heterocycles. The normalized spacial score (nSPS) is 23.7. The monoisotopic (exact) mass is 1130 g/mol. The van der Waals surface area contributed by atoms with Crippen molar-refractivity contribution in [3.63, 3.8) is 0 Å². The number of carbonyl (C=O) groups excluding carboxylic acids is 5. The molecular formula is C61H72F2N8O7S2. The van der Waals surface area contributed by atoms with Crippen LogP contribution in [0.5, 0.6) is 0 Å². The lowest BCUT2D eigenvalue weighted by Crippen LogP contribution is -2.56. The Kier molecular flexibility index (Phi) is 16.4. The quantitative estimate of drug-likeness (QED) is 0.0935. The van der Waals surface area contributed by atoms with Gasteiger partial charge in [-0.1, -0.05) is 75.2 Å². The number of hydrogen-bond donors (Lipinski definition) is 2. The third-order valence-electron chi connectivity index (χ3n) is 17.8. The maximum atomic E-state index is 15.3. The molecule has 4 aromatic rings. The lowest BCUT2D eigenvalue weighted by molar-refractivity contribution is -0.151. The number of amides is 4. The molecule has 2 aromatic heterocycles. The molecule has 2 aliphatic carbocycles. The van der Waals surface area contributed by atoms with Crippen LogP contribution in [0.1, 0.15) is 127 Å². The van der Waals surface area contributed by atoms with Crippen molar-refractivity contribution in [1.82, 2.24) is 40.0 Å². The average Bonchev–Trinajstić information content (AvgIpc) is 4.36. The number of likely N-dealkylation sites (tertiary alicyclic amines) is 2. The van der Waals surface area contributed by atoms with Crippen LogP contribution in [-0.4, -0.2) is 134 Å². The third kappa shape index (κ3) is 10.9. The van der Waals surface area contributed by atoms with Crippen molar-refractivity contribution in [2.75, 3.05) is 53.5 Å². The van der Waals surface area contributed by atoms with E-state index < -0.39 is 71.0 Å². The first-order valence-electron chi connectivity index (χ1n) is 28.2. The zero-order valence-corrected chi connectivity index (χ0v) is 48.4. The van der Waals surface area contributed by atoms with Gasteiger partial charge in [0.15, 0.2) is 0 Å². The number of alkyl halides is 2. The van der Waals surface area contributed by atoms with Gasteiger partial charge in [-0.25, -0.2) is 8.78 Å². The van der Waals surface area contributed by atoms with E-state index in [1.807, 2.05) is 58.0 Å². The average molecular weight is 1130 g/mol. The SMILES string of the molecule is CCn1c2c3c4cc(ccc41)-c1cc(cc(C(F)F)c1)C[C@H](C(=S)NC(=O)[C@H](C1CCCC1)N(C)C(=O)[C@H]1CCN(C(=O)C#CC(C)(C)N4CCC4)C1)C(=O)N1CCC[C@@H](C(=O)OCC(C)(C)C3[C@H](OC)c3ncccc3-2)C(=S)N1. The summed E-state index contributed by atoms with van der Waals surface area (Å²) in [4.78, 5) is 82.4. The van der Waals surface area contributed by atoms with Gasteiger partial charge in [0.25, 0.3) is 18.2 Å². The molecule has 6 bridgehead atoms. The van der Waals surface area contributed by atoms with Crippen LogP contribution in [0.3, 0.4) is 0 Å². The Morgan fingerprint density at radius 3 is 2.46 bits per heavy atom. The number of rotatable bonds is 9. The Bertz CT molecular complexity index is 3210. The molecule has 4 aliphatic heterocycles. The van der Waals surface area contributed by atoms with Crippen LogP contribution in [0, 0.1) is 40.9 Å². The number of ether oxygens (including phenoxy) is 2. The first-order chi connectivity index (χ1) is 38.2. The van der Waals surface area contributed by atoms with Crippen LogP contribution in [-0.2, 0) is 46.4 Å². The topological polar surface area (TPSA) is 159 Å². The van der Waals surface area contributed by atoms with Crippen LogP contribution < -0.4 is 10.7 Å². The second-order valence-electron chi connectivity index (χ2n) is 23.8. The van der Waals surface area contributed by atoms with Gasteiger partial charge in [-0.2, -0.15) is 0 Å². The number of hydrazine groups is 1. The Morgan fingerprint density at radius 1 is 1.00 bits per heavy atom. The summed E-state index contributed by atoms with van der Waals surface area (Å²) in [7, 11) is 3.26. The number of halogens is 2. The van der Waals surface area contributed by atoms with Gasteiger partial charge < -0.3 is 29.2 Å². The fraction of sp³-hybridized carbons (Fsp3) is 0.541. The van der Waals surface area contributed by atoms with Crippen molar-refractivity contribution in [3.05, 3.63) is 77.1 Å². The van der Waals surface area contributed by atoms with E-state index in [0.29, 0.717) is 55.5 Å². The Hall–Kier alpha value is -6.20. The highest BCUT2D eigenvalue weighted by Gasteiger charge is 2.48. The number of hydrogen-bond acceptors (Lipinski definition) is 11. The van der Waals surface area contributed by atoms with Crippen LogP contribution >= 0.6 is 24.4 Å². The highest BCUT2D eigenvalue weighted by Crippen LogP contribution is 2.57. The number of benzene rings is 2. The number of likely N-dealkylation sites (N-methyl/N-ethyl adjacent to an activating group) is 1. The lowest BCUT2D eigenvalue weighted by Gasteiger charge is -2.42. The Morgan fingerprint density at radius 2 is 1.76 bits per heavy atom.